The van der Waals surface area contributed by atoms with Crippen molar-refractivity contribution in [1.82, 2.24) is 10.6 Å². The van der Waals surface area contributed by atoms with Crippen molar-refractivity contribution < 1.29 is 17.8 Å². The minimum Gasteiger partial charge on any atom is -0.316 e. The molecule has 1 aliphatic rings. The van der Waals surface area contributed by atoms with Crippen molar-refractivity contribution in [2.75, 3.05) is 14.1 Å². The maximum Gasteiger partial charge on any atom is 0.295 e. The number of ketones is 1. The number of rotatable bonds is 11. The SMILES string of the molecule is CNCc1cc(C(=C2C=CC(=O)C=C2S(=O)(=O)O)c2ccc(Cc3c(C)cc(C)cc3C)c(CNC)c2)ccc1Cc1c(C)cc(C)cc1C. The third kappa shape index (κ3) is 8.14. The second-order valence-electron chi connectivity index (χ2n) is 13.6. The van der Waals surface area contributed by atoms with Crippen LogP contribution in [0.3, 0.4) is 0 Å². The highest BCUT2D eigenvalue weighted by Gasteiger charge is 2.27. The molecule has 260 valence electrons. The van der Waals surface area contributed by atoms with Crippen molar-refractivity contribution in [2.45, 2.75) is 67.5 Å². The molecule has 4 aromatic carbocycles. The van der Waals surface area contributed by atoms with E-state index in [1.807, 2.05) is 26.2 Å². The first kappa shape index (κ1) is 36.9. The topological polar surface area (TPSA) is 95.5 Å². The Balaban J connectivity index is 1.72. The molecular formula is C43H48N2O4S. The molecule has 5 rings (SSSR count). The highest BCUT2D eigenvalue weighted by molar-refractivity contribution is 7.90. The predicted octanol–water partition coefficient (Wildman–Crippen LogP) is 7.87. The minimum absolute atomic E-state index is 0.272. The lowest BCUT2D eigenvalue weighted by Crippen LogP contribution is -2.13. The molecule has 0 fully saturated rings. The van der Waals surface area contributed by atoms with Crippen LogP contribution in [0, 0.1) is 41.5 Å². The first-order valence-electron chi connectivity index (χ1n) is 17.0. The summed E-state index contributed by atoms with van der Waals surface area (Å²) in [6.07, 6.45) is 5.37. The van der Waals surface area contributed by atoms with Crippen molar-refractivity contribution >= 4 is 21.5 Å². The van der Waals surface area contributed by atoms with E-state index in [1.54, 1.807) is 0 Å². The molecule has 6 nitrogen and oxygen atoms in total. The first-order chi connectivity index (χ1) is 23.7. The molecule has 0 amide bonds. The molecule has 0 saturated carbocycles. The number of allylic oxidation sites excluding steroid dienone is 4. The molecule has 0 aliphatic heterocycles. The Labute approximate surface area is 297 Å². The van der Waals surface area contributed by atoms with Crippen LogP contribution in [0.4, 0.5) is 0 Å². The maximum absolute atomic E-state index is 12.8. The Kier molecular flexibility index (Phi) is 11.2. The monoisotopic (exact) mass is 688 g/mol. The van der Waals surface area contributed by atoms with Crippen LogP contribution in [0.15, 0.2) is 89.4 Å². The van der Waals surface area contributed by atoms with E-state index >= 15 is 0 Å². The number of hydrogen-bond donors (Lipinski definition) is 3. The summed E-state index contributed by atoms with van der Waals surface area (Å²) < 4.78 is 35.9. The van der Waals surface area contributed by atoms with E-state index in [0.717, 1.165) is 52.3 Å². The smallest absolute Gasteiger partial charge is 0.295 e. The fraction of sp³-hybridized carbons (Fsp3) is 0.279. The van der Waals surface area contributed by atoms with Crippen LogP contribution in [0.5, 0.6) is 0 Å². The Bertz CT molecular complexity index is 2030. The zero-order valence-electron chi connectivity index (χ0n) is 30.4. The van der Waals surface area contributed by atoms with Crippen molar-refractivity contribution in [3.63, 3.8) is 0 Å². The zero-order chi connectivity index (χ0) is 36.3. The summed E-state index contributed by atoms with van der Waals surface area (Å²) in [7, 11) is -0.907. The predicted molar refractivity (Wildman–Crippen MR) is 205 cm³/mol. The average Bonchev–Trinajstić information content (AvgIpc) is 3.03. The van der Waals surface area contributed by atoms with Gasteiger partial charge in [-0.1, -0.05) is 59.7 Å². The van der Waals surface area contributed by atoms with E-state index in [9.17, 15) is 17.8 Å². The molecule has 0 aromatic heterocycles. The van der Waals surface area contributed by atoms with Crippen molar-refractivity contribution in [3.05, 3.63) is 167 Å². The number of hydrogen-bond acceptors (Lipinski definition) is 5. The largest absolute Gasteiger partial charge is 0.316 e. The van der Waals surface area contributed by atoms with Crippen molar-refractivity contribution in [1.29, 1.82) is 0 Å². The lowest BCUT2D eigenvalue weighted by molar-refractivity contribution is -0.110. The van der Waals surface area contributed by atoms with Gasteiger partial charge < -0.3 is 10.6 Å². The molecule has 1 aliphatic carbocycles. The van der Waals surface area contributed by atoms with E-state index in [0.29, 0.717) is 18.7 Å². The number of benzene rings is 4. The number of carbonyl (C=O) groups excluding carboxylic acids is 1. The Hall–Kier alpha value is -4.40. The van der Waals surface area contributed by atoms with Gasteiger partial charge in [0, 0.05) is 24.7 Å². The molecule has 0 bridgehead atoms. The standard InChI is InChI=1S/C43H48N2O4S/c1-26-15-28(3)40(29(4)16-26)21-32-9-11-34(19-36(32)24-44-7)43(39-14-13-38(46)23-42(39)50(47,48)49)35-12-10-33(37(20-35)25-45-8)22-41-30(5)17-27(2)18-31(41)6/h9-20,23,44-45H,21-22,24-25H2,1-8H3,(H,47,48,49). The van der Waals surface area contributed by atoms with Crippen LogP contribution in [0.25, 0.3) is 5.57 Å². The highest BCUT2D eigenvalue weighted by Crippen LogP contribution is 2.37. The quantitative estimate of drug-likeness (QED) is 0.139. The Morgan fingerprint density at radius 1 is 0.620 bits per heavy atom. The van der Waals surface area contributed by atoms with Gasteiger partial charge in [-0.25, -0.2) is 0 Å². The molecule has 0 atom stereocenters. The molecule has 0 spiro atoms. The summed E-state index contributed by atoms with van der Waals surface area (Å²) >= 11 is 0. The van der Waals surface area contributed by atoms with Gasteiger partial charge in [0.25, 0.3) is 10.1 Å². The average molecular weight is 689 g/mol. The van der Waals surface area contributed by atoms with Crippen LogP contribution in [-0.2, 0) is 40.8 Å². The van der Waals surface area contributed by atoms with Gasteiger partial charge in [0.05, 0.1) is 0 Å². The molecule has 0 saturated heterocycles. The Morgan fingerprint density at radius 2 is 1.04 bits per heavy atom. The van der Waals surface area contributed by atoms with Crippen molar-refractivity contribution in [2.24, 2.45) is 0 Å². The number of nitrogens with one attached hydrogen (secondary N) is 2. The minimum atomic E-state index is -4.73. The van der Waals surface area contributed by atoms with Crippen LogP contribution < -0.4 is 10.6 Å². The van der Waals surface area contributed by atoms with Crippen molar-refractivity contribution in [3.8, 4) is 0 Å². The van der Waals surface area contributed by atoms with Gasteiger partial charge in [0.1, 0.15) is 4.91 Å². The summed E-state index contributed by atoms with van der Waals surface area (Å²) in [4.78, 5) is 12.0. The Morgan fingerprint density at radius 3 is 1.42 bits per heavy atom. The molecule has 50 heavy (non-hydrogen) atoms. The number of aryl methyl sites for hydroxylation is 6. The fourth-order valence-corrected chi connectivity index (χ4v) is 8.09. The van der Waals surface area contributed by atoms with E-state index in [4.69, 9.17) is 0 Å². The fourth-order valence-electron chi connectivity index (χ4n) is 7.38. The van der Waals surface area contributed by atoms with Gasteiger partial charge in [-0.05, 0) is 165 Å². The van der Waals surface area contributed by atoms with Gasteiger partial charge in [-0.3, -0.25) is 9.35 Å². The number of carbonyl (C=O) groups is 1. The maximum atomic E-state index is 12.8. The molecule has 3 N–H and O–H groups in total. The lowest BCUT2D eigenvalue weighted by atomic mass is 9.85. The van der Waals surface area contributed by atoms with Gasteiger partial charge in [0.15, 0.2) is 5.78 Å². The summed E-state index contributed by atoms with van der Waals surface area (Å²) in [5, 5.41) is 6.62. The first-order valence-corrected chi connectivity index (χ1v) is 18.5. The lowest BCUT2D eigenvalue weighted by Gasteiger charge is -2.21. The molecule has 4 aromatic rings. The third-order valence-electron chi connectivity index (χ3n) is 9.64. The van der Waals surface area contributed by atoms with Gasteiger partial charge in [0.2, 0.25) is 0 Å². The van der Waals surface area contributed by atoms with Gasteiger partial charge in [-0.2, -0.15) is 8.42 Å². The van der Waals surface area contributed by atoms with Crippen LogP contribution in [-0.4, -0.2) is 32.8 Å². The summed E-state index contributed by atoms with van der Waals surface area (Å²) in [6, 6.07) is 21.3. The zero-order valence-corrected chi connectivity index (χ0v) is 31.2. The molecule has 7 heteroatoms. The van der Waals surface area contributed by atoms with Gasteiger partial charge in [-0.15, -0.1) is 0 Å². The molecule has 0 radical (unpaired) electrons. The third-order valence-corrected chi connectivity index (χ3v) is 10.5. The summed E-state index contributed by atoms with van der Waals surface area (Å²) in [5.41, 5.74) is 17.0. The summed E-state index contributed by atoms with van der Waals surface area (Å²) in [5.74, 6) is -0.495. The van der Waals surface area contributed by atoms with E-state index in [1.165, 1.54) is 56.7 Å². The van der Waals surface area contributed by atoms with Crippen LogP contribution in [0.2, 0.25) is 0 Å². The van der Waals surface area contributed by atoms with Gasteiger partial charge >= 0.3 is 0 Å². The highest BCUT2D eigenvalue weighted by atomic mass is 32.2. The second-order valence-corrected chi connectivity index (χ2v) is 15.0. The summed E-state index contributed by atoms with van der Waals surface area (Å²) in [6.45, 7) is 14.0. The molecular weight excluding hydrogens is 641 g/mol. The van der Waals surface area contributed by atoms with E-state index in [-0.39, 0.29) is 5.57 Å². The van der Waals surface area contributed by atoms with E-state index < -0.39 is 20.8 Å². The normalized spacial score (nSPS) is 13.2. The molecule has 0 unspecified atom stereocenters. The molecule has 0 heterocycles. The van der Waals surface area contributed by atoms with Crippen LogP contribution >= 0.6 is 0 Å². The van der Waals surface area contributed by atoms with E-state index in [2.05, 4.69) is 101 Å². The second kappa shape index (κ2) is 15.2. The van der Waals surface area contributed by atoms with Crippen LogP contribution in [0.1, 0.15) is 77.9 Å².